The van der Waals surface area contributed by atoms with Crippen LogP contribution in [0, 0.1) is 6.92 Å². The van der Waals surface area contributed by atoms with Gasteiger partial charge in [-0.15, -0.1) is 11.8 Å². The summed E-state index contributed by atoms with van der Waals surface area (Å²) in [6.07, 6.45) is 2.05. The summed E-state index contributed by atoms with van der Waals surface area (Å²) in [6, 6.07) is 13.7. The normalized spacial score (nSPS) is 10.2. The Kier molecular flexibility index (Phi) is 3.59. The van der Waals surface area contributed by atoms with E-state index in [1.165, 1.54) is 4.90 Å². The quantitative estimate of drug-likeness (QED) is 0.653. The van der Waals surface area contributed by atoms with Gasteiger partial charge in [-0.3, -0.25) is 0 Å². The maximum Gasteiger partial charge on any atom is 0.129 e. The van der Waals surface area contributed by atoms with Crippen molar-refractivity contribution in [2.24, 2.45) is 0 Å². The van der Waals surface area contributed by atoms with Gasteiger partial charge in [-0.1, -0.05) is 0 Å². The van der Waals surface area contributed by atoms with Gasteiger partial charge in [0.25, 0.3) is 0 Å². The molecule has 2 rings (SSSR count). The Hall–Kier alpha value is -1.61. The van der Waals surface area contributed by atoms with Crippen LogP contribution in [0.1, 0.15) is 5.56 Å². The number of anilines is 1. The smallest absolute Gasteiger partial charge is 0.129 e. The van der Waals surface area contributed by atoms with Gasteiger partial charge in [0.2, 0.25) is 0 Å². The number of nitrogens with two attached hydrogens (primary N) is 1. The van der Waals surface area contributed by atoms with Crippen LogP contribution in [-0.4, -0.2) is 6.26 Å². The van der Waals surface area contributed by atoms with Crippen molar-refractivity contribution in [1.29, 1.82) is 0 Å². The molecule has 0 saturated carbocycles. The number of benzene rings is 2. The van der Waals surface area contributed by atoms with Crippen LogP contribution in [0.5, 0.6) is 11.5 Å². The molecule has 88 valence electrons. The SMILES string of the molecule is CSc1ccc(Oc2cc(C)cc(N)c2)cc1. The third-order valence-electron chi connectivity index (χ3n) is 2.37. The van der Waals surface area contributed by atoms with E-state index in [2.05, 4.69) is 6.26 Å². The molecule has 0 bridgehead atoms. The summed E-state index contributed by atoms with van der Waals surface area (Å²) < 4.78 is 5.75. The van der Waals surface area contributed by atoms with E-state index in [0.29, 0.717) is 0 Å². The first-order chi connectivity index (χ1) is 8.17. The van der Waals surface area contributed by atoms with Gasteiger partial charge in [0.15, 0.2) is 0 Å². The van der Waals surface area contributed by atoms with Crippen LogP contribution >= 0.6 is 11.8 Å². The van der Waals surface area contributed by atoms with Gasteiger partial charge >= 0.3 is 0 Å². The van der Waals surface area contributed by atoms with Gasteiger partial charge in [-0.05, 0) is 55.1 Å². The second-order valence-electron chi connectivity index (χ2n) is 3.86. The summed E-state index contributed by atoms with van der Waals surface area (Å²) in [5.41, 5.74) is 7.60. The van der Waals surface area contributed by atoms with Crippen LogP contribution in [-0.2, 0) is 0 Å². The summed E-state index contributed by atoms with van der Waals surface area (Å²) >= 11 is 1.71. The summed E-state index contributed by atoms with van der Waals surface area (Å²) in [7, 11) is 0. The predicted octanol–water partition coefficient (Wildman–Crippen LogP) is 4.09. The first kappa shape index (κ1) is 11.9. The van der Waals surface area contributed by atoms with Crippen molar-refractivity contribution in [2.45, 2.75) is 11.8 Å². The maximum atomic E-state index is 5.78. The molecule has 0 aliphatic carbocycles. The molecule has 17 heavy (non-hydrogen) atoms. The Labute approximate surface area is 106 Å². The minimum absolute atomic E-state index is 0.723. The number of hydrogen-bond acceptors (Lipinski definition) is 3. The molecule has 2 aromatic rings. The summed E-state index contributed by atoms with van der Waals surface area (Å²) in [4.78, 5) is 1.22. The van der Waals surface area contributed by atoms with Crippen molar-refractivity contribution in [1.82, 2.24) is 0 Å². The zero-order chi connectivity index (χ0) is 12.3. The molecule has 0 fully saturated rings. The van der Waals surface area contributed by atoms with Gasteiger partial charge in [-0.2, -0.15) is 0 Å². The molecule has 0 atom stereocenters. The van der Waals surface area contributed by atoms with Gasteiger partial charge in [0, 0.05) is 16.6 Å². The minimum Gasteiger partial charge on any atom is -0.457 e. The lowest BCUT2D eigenvalue weighted by molar-refractivity contribution is 0.482. The average molecular weight is 245 g/mol. The highest BCUT2D eigenvalue weighted by atomic mass is 32.2. The van der Waals surface area contributed by atoms with Crippen molar-refractivity contribution in [2.75, 3.05) is 12.0 Å². The molecule has 0 aliphatic heterocycles. The second kappa shape index (κ2) is 5.15. The Bertz CT molecular complexity index is 488. The largest absolute Gasteiger partial charge is 0.457 e. The van der Waals surface area contributed by atoms with Crippen LogP contribution in [0.4, 0.5) is 5.69 Å². The van der Waals surface area contributed by atoms with E-state index in [1.807, 2.05) is 49.4 Å². The standard InChI is InChI=1S/C14H15NOS/c1-10-7-11(15)9-13(8-10)16-12-3-5-14(17-2)6-4-12/h3-9H,15H2,1-2H3. The number of ether oxygens (including phenoxy) is 1. The second-order valence-corrected chi connectivity index (χ2v) is 4.74. The van der Waals surface area contributed by atoms with E-state index in [0.717, 1.165) is 22.7 Å². The lowest BCUT2D eigenvalue weighted by atomic mass is 10.2. The molecule has 0 spiro atoms. The number of hydrogen-bond donors (Lipinski definition) is 1. The van der Waals surface area contributed by atoms with Crippen molar-refractivity contribution < 1.29 is 4.74 Å². The molecule has 0 aromatic heterocycles. The van der Waals surface area contributed by atoms with E-state index in [4.69, 9.17) is 10.5 Å². The summed E-state index contributed by atoms with van der Waals surface area (Å²) in [5, 5.41) is 0. The molecule has 0 radical (unpaired) electrons. The van der Waals surface area contributed by atoms with Crippen molar-refractivity contribution in [3.8, 4) is 11.5 Å². The molecule has 3 heteroatoms. The number of thioether (sulfide) groups is 1. The molecule has 0 heterocycles. The van der Waals surface area contributed by atoms with Crippen molar-refractivity contribution >= 4 is 17.4 Å². The molecular weight excluding hydrogens is 230 g/mol. The molecule has 0 unspecified atom stereocenters. The van der Waals surface area contributed by atoms with Gasteiger partial charge in [0.1, 0.15) is 11.5 Å². The van der Waals surface area contributed by atoms with Gasteiger partial charge < -0.3 is 10.5 Å². The first-order valence-corrected chi connectivity index (χ1v) is 6.59. The number of rotatable bonds is 3. The topological polar surface area (TPSA) is 35.2 Å². The Morgan fingerprint density at radius 1 is 1.00 bits per heavy atom. The molecule has 0 saturated heterocycles. The van der Waals surface area contributed by atoms with E-state index < -0.39 is 0 Å². The lowest BCUT2D eigenvalue weighted by Crippen LogP contribution is -1.89. The van der Waals surface area contributed by atoms with Crippen molar-refractivity contribution in [3.05, 3.63) is 48.0 Å². The van der Waals surface area contributed by atoms with E-state index in [9.17, 15) is 0 Å². The fourth-order valence-corrected chi connectivity index (χ4v) is 2.02. The fraction of sp³-hybridized carbons (Fsp3) is 0.143. The number of nitrogen functional groups attached to an aromatic ring is 1. The summed E-state index contributed by atoms with van der Waals surface area (Å²) in [5.74, 6) is 1.60. The predicted molar refractivity (Wildman–Crippen MR) is 73.9 cm³/mol. The molecule has 0 aliphatic rings. The molecule has 0 amide bonds. The van der Waals surface area contributed by atoms with Crippen LogP contribution < -0.4 is 10.5 Å². The molecule has 2 N–H and O–H groups in total. The fourth-order valence-electron chi connectivity index (χ4n) is 1.62. The minimum atomic E-state index is 0.723. The first-order valence-electron chi connectivity index (χ1n) is 5.36. The third-order valence-corrected chi connectivity index (χ3v) is 3.11. The Balaban J connectivity index is 2.19. The Morgan fingerprint density at radius 2 is 1.71 bits per heavy atom. The zero-order valence-electron chi connectivity index (χ0n) is 9.94. The van der Waals surface area contributed by atoms with Gasteiger partial charge in [-0.25, -0.2) is 0 Å². The summed E-state index contributed by atoms with van der Waals surface area (Å²) in [6.45, 7) is 2.00. The van der Waals surface area contributed by atoms with Crippen LogP contribution in [0.3, 0.4) is 0 Å². The van der Waals surface area contributed by atoms with Crippen LogP contribution in [0.25, 0.3) is 0 Å². The molecular formula is C14H15NOS. The van der Waals surface area contributed by atoms with E-state index in [1.54, 1.807) is 11.8 Å². The molecule has 2 aromatic carbocycles. The monoisotopic (exact) mass is 245 g/mol. The third kappa shape index (κ3) is 3.17. The number of aryl methyl sites for hydroxylation is 1. The van der Waals surface area contributed by atoms with Crippen LogP contribution in [0.2, 0.25) is 0 Å². The van der Waals surface area contributed by atoms with Crippen LogP contribution in [0.15, 0.2) is 47.4 Å². The Morgan fingerprint density at radius 3 is 2.29 bits per heavy atom. The highest BCUT2D eigenvalue weighted by Gasteiger charge is 2.00. The van der Waals surface area contributed by atoms with E-state index in [-0.39, 0.29) is 0 Å². The molecule has 2 nitrogen and oxygen atoms in total. The van der Waals surface area contributed by atoms with Crippen molar-refractivity contribution in [3.63, 3.8) is 0 Å². The highest BCUT2D eigenvalue weighted by Crippen LogP contribution is 2.26. The zero-order valence-corrected chi connectivity index (χ0v) is 10.8. The average Bonchev–Trinajstić information content (AvgIpc) is 2.28. The maximum absolute atomic E-state index is 5.78. The highest BCUT2D eigenvalue weighted by molar-refractivity contribution is 7.98. The lowest BCUT2D eigenvalue weighted by Gasteiger charge is -2.08. The van der Waals surface area contributed by atoms with Gasteiger partial charge in [0.05, 0.1) is 0 Å². The van der Waals surface area contributed by atoms with E-state index >= 15 is 0 Å².